The molecule has 2 heterocycles. The molecule has 0 bridgehead atoms. The molecular formula is C19H32N6O3. The highest BCUT2D eigenvalue weighted by molar-refractivity contribution is 5.78. The lowest BCUT2D eigenvalue weighted by atomic mass is 9.69. The summed E-state index contributed by atoms with van der Waals surface area (Å²) in [5.41, 5.74) is 0. The van der Waals surface area contributed by atoms with Gasteiger partial charge in [0.15, 0.2) is 5.82 Å². The van der Waals surface area contributed by atoms with Gasteiger partial charge < -0.3 is 15.4 Å². The zero-order valence-corrected chi connectivity index (χ0v) is 16.3. The highest BCUT2D eigenvalue weighted by atomic mass is 16.5. The van der Waals surface area contributed by atoms with E-state index in [4.69, 9.17) is 11.6 Å². The first-order chi connectivity index (χ1) is 15.4. The first-order valence-corrected chi connectivity index (χ1v) is 9.84. The van der Waals surface area contributed by atoms with Gasteiger partial charge in [-0.1, -0.05) is 11.6 Å². The molecule has 1 aliphatic heterocycles. The number of tetrazole rings is 1. The topological polar surface area (TPSA) is 122 Å². The highest BCUT2D eigenvalue weighted by Crippen LogP contribution is 2.40. The van der Waals surface area contributed by atoms with Crippen molar-refractivity contribution in [2.45, 2.75) is 70.8 Å². The van der Waals surface area contributed by atoms with E-state index in [0.29, 0.717) is 12.4 Å². The Labute approximate surface area is 172 Å². The molecule has 156 valence electrons. The van der Waals surface area contributed by atoms with E-state index in [0.717, 1.165) is 0 Å². The largest absolute Gasteiger partial charge is 0.461 e. The van der Waals surface area contributed by atoms with Crippen LogP contribution in [0.1, 0.15) is 65.0 Å². The summed E-state index contributed by atoms with van der Waals surface area (Å²) in [5, 5.41) is 19.0. The number of carbonyl (C=O) groups excluding carboxylic acids is 2. The maximum Gasteiger partial charge on any atom is 0.323 e. The van der Waals surface area contributed by atoms with Crippen molar-refractivity contribution in [1.82, 2.24) is 31.3 Å². The number of hydrogen-bond acceptors (Lipinski definition) is 7. The number of ether oxygens (including phenoxy) is 1. The Morgan fingerprint density at radius 1 is 1.46 bits per heavy atom. The lowest BCUT2D eigenvalue weighted by Gasteiger charge is -2.42. The normalized spacial score (nSPS) is 37.1. The van der Waals surface area contributed by atoms with Crippen molar-refractivity contribution in [3.63, 3.8) is 0 Å². The SMILES string of the molecule is [2H]C1([2H])C[C@H]2CN[C@]([2H])(C(=O)O[C@H](C)CC(=O)NCC)C[C@H]2C([2H])([2H])[C@H]1CCc1nn[nH]n1. The quantitative estimate of drug-likeness (QED) is 0.559. The number of carbonyl (C=O) groups is 2. The second-order valence-corrected chi connectivity index (χ2v) is 7.30. The minimum atomic E-state index is -1.96. The van der Waals surface area contributed by atoms with Crippen molar-refractivity contribution in [1.29, 1.82) is 0 Å². The summed E-state index contributed by atoms with van der Waals surface area (Å²) < 4.78 is 48.8. The predicted octanol–water partition coefficient (Wildman–Crippen LogP) is 0.985. The maximum atomic E-state index is 12.8. The fourth-order valence-corrected chi connectivity index (χ4v) is 3.60. The molecule has 3 N–H and O–H groups in total. The average molecular weight is 398 g/mol. The van der Waals surface area contributed by atoms with E-state index in [2.05, 4.69) is 31.3 Å². The molecule has 1 aromatic rings. The van der Waals surface area contributed by atoms with Crippen LogP contribution >= 0.6 is 0 Å². The van der Waals surface area contributed by atoms with E-state index in [1.165, 1.54) is 0 Å². The molecule has 28 heavy (non-hydrogen) atoms. The first kappa shape index (κ1) is 14.9. The number of rotatable bonds is 8. The van der Waals surface area contributed by atoms with Gasteiger partial charge in [0.1, 0.15) is 12.1 Å². The maximum absolute atomic E-state index is 12.8. The number of aryl methyl sites for hydroxylation is 1. The summed E-state index contributed by atoms with van der Waals surface area (Å²) >= 11 is 0. The second kappa shape index (κ2) is 9.95. The number of aromatic nitrogens is 4. The number of nitrogens with one attached hydrogen (secondary N) is 3. The van der Waals surface area contributed by atoms with E-state index in [9.17, 15) is 9.59 Å². The van der Waals surface area contributed by atoms with Crippen molar-refractivity contribution in [2.24, 2.45) is 17.8 Å². The van der Waals surface area contributed by atoms with Crippen molar-refractivity contribution >= 4 is 11.9 Å². The molecule has 2 fully saturated rings. The highest BCUT2D eigenvalue weighted by Gasteiger charge is 2.38. The average Bonchev–Trinajstić information content (AvgIpc) is 3.21. The van der Waals surface area contributed by atoms with Gasteiger partial charge in [-0.3, -0.25) is 9.59 Å². The lowest BCUT2D eigenvalue weighted by Crippen LogP contribution is -2.50. The molecule has 2 aliphatic rings. The standard InChI is InChI=1S/C19H32N6O3/c1-3-20-18(26)8-12(2)28-19(27)16-10-15-9-13(4-6-14(15)11-21-16)5-7-17-22-24-25-23-17/h12-16,21H,3-11H2,1-2H3,(H,20,26)(H,22,23,24,25)/t12-,13-,14+,15-,16+/m1/s1/i4D2,9D2,16D. The Balaban J connectivity index is 1.71. The summed E-state index contributed by atoms with van der Waals surface area (Å²) in [6.07, 6.45) is -4.06. The Morgan fingerprint density at radius 3 is 3.07 bits per heavy atom. The van der Waals surface area contributed by atoms with Crippen LogP contribution in [0.15, 0.2) is 0 Å². The molecule has 1 aromatic heterocycles. The van der Waals surface area contributed by atoms with Crippen molar-refractivity contribution < 1.29 is 21.2 Å². The van der Waals surface area contributed by atoms with Gasteiger partial charge in [0.25, 0.3) is 0 Å². The minimum absolute atomic E-state index is 0.0269. The lowest BCUT2D eigenvalue weighted by molar-refractivity contribution is -0.153. The zero-order valence-electron chi connectivity index (χ0n) is 21.3. The van der Waals surface area contributed by atoms with E-state index in [-0.39, 0.29) is 50.5 Å². The number of aromatic amines is 1. The molecule has 0 spiro atoms. The summed E-state index contributed by atoms with van der Waals surface area (Å²) in [7, 11) is 0. The molecule has 3 rings (SSSR count). The van der Waals surface area contributed by atoms with Crippen LogP contribution in [0.4, 0.5) is 0 Å². The summed E-state index contributed by atoms with van der Waals surface area (Å²) in [5.74, 6) is -2.76. The van der Waals surface area contributed by atoms with Crippen LogP contribution in [0.25, 0.3) is 0 Å². The fraction of sp³-hybridized carbons (Fsp3) is 0.842. The number of nitrogens with zero attached hydrogens (tertiary/aromatic N) is 3. The van der Waals surface area contributed by atoms with Crippen molar-refractivity contribution in [2.75, 3.05) is 13.1 Å². The number of H-pyrrole nitrogens is 1. The Bertz CT molecular complexity index is 842. The third-order valence-electron chi connectivity index (χ3n) is 5.06. The molecule has 5 atom stereocenters. The van der Waals surface area contributed by atoms with Crippen LogP contribution in [0.3, 0.4) is 0 Å². The van der Waals surface area contributed by atoms with Gasteiger partial charge in [0.2, 0.25) is 5.91 Å². The van der Waals surface area contributed by atoms with Crippen LogP contribution in [0, 0.1) is 17.8 Å². The number of piperidine rings is 1. The number of esters is 1. The van der Waals surface area contributed by atoms with E-state index in [1.807, 2.05) is 0 Å². The molecule has 9 nitrogen and oxygen atoms in total. The molecule has 1 saturated carbocycles. The second-order valence-electron chi connectivity index (χ2n) is 7.30. The Morgan fingerprint density at radius 2 is 2.32 bits per heavy atom. The predicted molar refractivity (Wildman–Crippen MR) is 102 cm³/mol. The monoisotopic (exact) mass is 397 g/mol. The van der Waals surface area contributed by atoms with Crippen LogP contribution < -0.4 is 10.6 Å². The smallest absolute Gasteiger partial charge is 0.323 e. The van der Waals surface area contributed by atoms with Crippen molar-refractivity contribution in [3.8, 4) is 0 Å². The fourth-order valence-electron chi connectivity index (χ4n) is 3.60. The number of fused-ring (bicyclic) bond motifs is 1. The summed E-state index contributed by atoms with van der Waals surface area (Å²) in [6.45, 7) is 3.95. The van der Waals surface area contributed by atoms with Gasteiger partial charge in [0, 0.05) is 18.4 Å². The van der Waals surface area contributed by atoms with E-state index >= 15 is 0 Å². The first-order valence-electron chi connectivity index (χ1n) is 12.3. The summed E-state index contributed by atoms with van der Waals surface area (Å²) in [4.78, 5) is 24.6. The molecule has 9 heteroatoms. The van der Waals surface area contributed by atoms with E-state index in [1.54, 1.807) is 13.8 Å². The third-order valence-corrected chi connectivity index (χ3v) is 5.06. The van der Waals surface area contributed by atoms with Gasteiger partial charge in [-0.2, -0.15) is 5.21 Å². The molecule has 1 saturated heterocycles. The van der Waals surface area contributed by atoms with Crippen LogP contribution in [0.5, 0.6) is 0 Å². The molecule has 0 unspecified atom stereocenters. The minimum Gasteiger partial charge on any atom is -0.461 e. The van der Waals surface area contributed by atoms with Gasteiger partial charge in [-0.05, 0) is 63.8 Å². The van der Waals surface area contributed by atoms with E-state index < -0.39 is 42.7 Å². The molecule has 0 aromatic carbocycles. The molecule has 1 amide bonds. The van der Waals surface area contributed by atoms with Crippen molar-refractivity contribution in [3.05, 3.63) is 5.82 Å². The molecular weight excluding hydrogens is 360 g/mol. The third kappa shape index (κ3) is 5.73. The van der Waals surface area contributed by atoms with Gasteiger partial charge in [-0.15, -0.1) is 10.2 Å². The van der Waals surface area contributed by atoms with Gasteiger partial charge in [0.05, 0.1) is 7.79 Å². The van der Waals surface area contributed by atoms with Gasteiger partial charge >= 0.3 is 5.97 Å². The van der Waals surface area contributed by atoms with Crippen LogP contribution in [-0.4, -0.2) is 57.7 Å². The number of hydrogen-bond donors (Lipinski definition) is 3. The Kier molecular flexibility index (Phi) is 5.29. The summed E-state index contributed by atoms with van der Waals surface area (Å²) in [6, 6.07) is -1.87. The zero-order chi connectivity index (χ0) is 24.4. The Hall–Kier alpha value is -2.03. The van der Waals surface area contributed by atoms with Crippen LogP contribution in [-0.2, 0) is 20.7 Å². The van der Waals surface area contributed by atoms with Gasteiger partial charge in [-0.25, -0.2) is 0 Å². The molecule has 0 radical (unpaired) electrons. The number of amides is 1. The van der Waals surface area contributed by atoms with Crippen LogP contribution in [0.2, 0.25) is 0 Å². The molecule has 1 aliphatic carbocycles.